The first-order valence-electron chi connectivity index (χ1n) is 5.32. The smallest absolute Gasteiger partial charge is 0.182 e. The van der Waals surface area contributed by atoms with Crippen molar-refractivity contribution in [2.24, 2.45) is 0 Å². The number of hydrogen-bond donors (Lipinski definition) is 2. The molecule has 3 nitrogen and oxygen atoms in total. The van der Waals surface area contributed by atoms with Crippen LogP contribution >= 0.6 is 0 Å². The Morgan fingerprint density at radius 1 is 0.941 bits per heavy atom. The number of aliphatic hydroxyl groups excluding tert-OH is 1. The first-order valence-corrected chi connectivity index (χ1v) is 5.32. The summed E-state index contributed by atoms with van der Waals surface area (Å²) in [6.07, 6.45) is -1.52. The van der Waals surface area contributed by atoms with E-state index in [0.29, 0.717) is 11.3 Å². The van der Waals surface area contributed by atoms with Crippen molar-refractivity contribution < 1.29 is 14.9 Å². The van der Waals surface area contributed by atoms with Crippen LogP contribution in [-0.2, 0) is 0 Å². The topological polar surface area (TPSA) is 49.7 Å². The Morgan fingerprint density at radius 3 is 2.24 bits per heavy atom. The molecule has 2 aromatic rings. The van der Waals surface area contributed by atoms with Crippen LogP contribution in [0.5, 0.6) is 5.75 Å². The second-order valence-corrected chi connectivity index (χ2v) is 3.70. The Bertz CT molecular complexity index is 492. The highest BCUT2D eigenvalue weighted by Gasteiger charge is 2.11. The number of rotatable bonds is 3. The molecule has 0 aliphatic heterocycles. The molecular formula is C14H14O3. The van der Waals surface area contributed by atoms with E-state index in [-0.39, 0.29) is 0 Å². The number of aliphatic hydroxyl groups is 2. The molecule has 0 amide bonds. The first-order chi connectivity index (χ1) is 8.22. The lowest BCUT2D eigenvalue weighted by Crippen LogP contribution is -1.99. The van der Waals surface area contributed by atoms with Crippen molar-refractivity contribution in [3.63, 3.8) is 0 Å². The van der Waals surface area contributed by atoms with Crippen LogP contribution in [0.1, 0.15) is 11.9 Å². The molecular weight excluding hydrogens is 216 g/mol. The average molecular weight is 230 g/mol. The van der Waals surface area contributed by atoms with Crippen LogP contribution in [0.15, 0.2) is 48.5 Å². The van der Waals surface area contributed by atoms with Crippen molar-refractivity contribution in [2.75, 3.05) is 7.11 Å². The maximum absolute atomic E-state index is 9.17. The van der Waals surface area contributed by atoms with E-state index in [9.17, 15) is 10.2 Å². The van der Waals surface area contributed by atoms with Crippen molar-refractivity contribution in [2.45, 2.75) is 6.29 Å². The predicted octanol–water partition coefficient (Wildman–Crippen LogP) is 2.35. The molecule has 2 N–H and O–H groups in total. The third kappa shape index (κ3) is 2.46. The van der Waals surface area contributed by atoms with Gasteiger partial charge in [-0.2, -0.15) is 0 Å². The van der Waals surface area contributed by atoms with Crippen molar-refractivity contribution >= 4 is 0 Å². The van der Waals surface area contributed by atoms with Crippen LogP contribution in [0.4, 0.5) is 0 Å². The normalized spacial score (nSPS) is 10.6. The Balaban J connectivity index is 2.45. The van der Waals surface area contributed by atoms with Crippen LogP contribution in [0.3, 0.4) is 0 Å². The van der Waals surface area contributed by atoms with Gasteiger partial charge < -0.3 is 14.9 Å². The second-order valence-electron chi connectivity index (χ2n) is 3.70. The molecule has 0 aromatic heterocycles. The minimum atomic E-state index is -1.52. The van der Waals surface area contributed by atoms with E-state index in [0.717, 1.165) is 11.1 Å². The lowest BCUT2D eigenvalue weighted by atomic mass is 10.0. The van der Waals surface area contributed by atoms with Crippen LogP contribution in [-0.4, -0.2) is 17.3 Å². The Morgan fingerprint density at radius 2 is 1.65 bits per heavy atom. The molecule has 0 saturated carbocycles. The van der Waals surface area contributed by atoms with Crippen molar-refractivity contribution in [1.29, 1.82) is 0 Å². The molecule has 0 radical (unpaired) electrons. The number of benzene rings is 2. The van der Waals surface area contributed by atoms with E-state index < -0.39 is 6.29 Å². The van der Waals surface area contributed by atoms with Crippen LogP contribution in [0.2, 0.25) is 0 Å². The van der Waals surface area contributed by atoms with E-state index in [4.69, 9.17) is 4.74 Å². The van der Waals surface area contributed by atoms with Crippen LogP contribution < -0.4 is 4.74 Å². The SMILES string of the molecule is COc1cc(-c2ccccc2)ccc1C(O)O. The monoisotopic (exact) mass is 230 g/mol. The summed E-state index contributed by atoms with van der Waals surface area (Å²) in [5.41, 5.74) is 2.41. The summed E-state index contributed by atoms with van der Waals surface area (Å²) in [7, 11) is 1.51. The highest BCUT2D eigenvalue weighted by Crippen LogP contribution is 2.29. The van der Waals surface area contributed by atoms with Gasteiger partial charge in [0.05, 0.1) is 7.11 Å². The molecule has 0 unspecified atom stereocenters. The van der Waals surface area contributed by atoms with Gasteiger partial charge in [0.1, 0.15) is 5.75 Å². The summed E-state index contributed by atoms with van der Waals surface area (Å²) in [5.74, 6) is 0.473. The van der Waals surface area contributed by atoms with E-state index in [1.807, 2.05) is 36.4 Å². The molecule has 0 aliphatic rings. The van der Waals surface area contributed by atoms with Crippen molar-refractivity contribution in [3.05, 3.63) is 54.1 Å². The Labute approximate surface area is 99.9 Å². The highest BCUT2D eigenvalue weighted by atomic mass is 16.5. The third-order valence-electron chi connectivity index (χ3n) is 2.62. The Hall–Kier alpha value is -1.84. The summed E-state index contributed by atoms with van der Waals surface area (Å²) in [5, 5.41) is 18.3. The zero-order chi connectivity index (χ0) is 12.3. The fourth-order valence-electron chi connectivity index (χ4n) is 1.73. The standard InChI is InChI=1S/C14H14O3/c1-17-13-9-11(7-8-12(13)14(15)16)10-5-3-2-4-6-10/h2-9,14-16H,1H3. The zero-order valence-corrected chi connectivity index (χ0v) is 9.50. The Kier molecular flexibility index (Phi) is 3.42. The zero-order valence-electron chi connectivity index (χ0n) is 9.50. The van der Waals surface area contributed by atoms with Gasteiger partial charge in [-0.05, 0) is 23.3 Å². The molecule has 17 heavy (non-hydrogen) atoms. The predicted molar refractivity (Wildman–Crippen MR) is 65.6 cm³/mol. The molecule has 88 valence electrons. The molecule has 0 spiro atoms. The van der Waals surface area contributed by atoms with Gasteiger partial charge in [-0.15, -0.1) is 0 Å². The number of ether oxygens (including phenoxy) is 1. The van der Waals surface area contributed by atoms with Crippen molar-refractivity contribution in [1.82, 2.24) is 0 Å². The summed E-state index contributed by atoms with van der Waals surface area (Å²) in [4.78, 5) is 0. The van der Waals surface area contributed by atoms with E-state index >= 15 is 0 Å². The fourth-order valence-corrected chi connectivity index (χ4v) is 1.73. The summed E-state index contributed by atoms with van der Waals surface area (Å²) in [6.45, 7) is 0. The summed E-state index contributed by atoms with van der Waals surface area (Å²) in [6, 6.07) is 15.1. The van der Waals surface area contributed by atoms with Gasteiger partial charge in [0.15, 0.2) is 6.29 Å². The average Bonchev–Trinajstić information content (AvgIpc) is 2.39. The lowest BCUT2D eigenvalue weighted by Gasteiger charge is -2.12. The van der Waals surface area contributed by atoms with Gasteiger partial charge in [0.2, 0.25) is 0 Å². The molecule has 2 aromatic carbocycles. The van der Waals surface area contributed by atoms with Gasteiger partial charge in [-0.3, -0.25) is 0 Å². The maximum Gasteiger partial charge on any atom is 0.182 e. The molecule has 0 saturated heterocycles. The minimum absolute atomic E-state index is 0.368. The largest absolute Gasteiger partial charge is 0.496 e. The number of hydrogen-bond acceptors (Lipinski definition) is 3. The number of methoxy groups -OCH3 is 1. The van der Waals surface area contributed by atoms with E-state index in [1.165, 1.54) is 7.11 Å². The quantitative estimate of drug-likeness (QED) is 0.796. The van der Waals surface area contributed by atoms with Crippen LogP contribution in [0, 0.1) is 0 Å². The first kappa shape index (κ1) is 11.6. The molecule has 0 bridgehead atoms. The molecule has 0 heterocycles. The van der Waals surface area contributed by atoms with E-state index in [1.54, 1.807) is 12.1 Å². The molecule has 2 rings (SSSR count). The third-order valence-corrected chi connectivity index (χ3v) is 2.62. The van der Waals surface area contributed by atoms with E-state index in [2.05, 4.69) is 0 Å². The highest BCUT2D eigenvalue weighted by molar-refractivity contribution is 5.66. The second kappa shape index (κ2) is 4.99. The minimum Gasteiger partial charge on any atom is -0.496 e. The van der Waals surface area contributed by atoms with Crippen molar-refractivity contribution in [3.8, 4) is 16.9 Å². The molecule has 0 atom stereocenters. The van der Waals surface area contributed by atoms with Gasteiger partial charge >= 0.3 is 0 Å². The molecule has 3 heteroatoms. The lowest BCUT2D eigenvalue weighted by molar-refractivity contribution is -0.0438. The van der Waals surface area contributed by atoms with Crippen LogP contribution in [0.25, 0.3) is 11.1 Å². The van der Waals surface area contributed by atoms with Gasteiger partial charge in [-0.25, -0.2) is 0 Å². The van der Waals surface area contributed by atoms with Gasteiger partial charge in [0, 0.05) is 5.56 Å². The molecule has 0 aliphatic carbocycles. The summed E-state index contributed by atoms with van der Waals surface area (Å²) < 4.78 is 5.15. The van der Waals surface area contributed by atoms with Gasteiger partial charge in [-0.1, -0.05) is 36.4 Å². The summed E-state index contributed by atoms with van der Waals surface area (Å²) >= 11 is 0. The maximum atomic E-state index is 9.17. The van der Waals surface area contributed by atoms with Gasteiger partial charge in [0.25, 0.3) is 0 Å². The fraction of sp³-hybridized carbons (Fsp3) is 0.143. The molecule has 0 fully saturated rings.